The van der Waals surface area contributed by atoms with Crippen molar-refractivity contribution < 1.29 is 8.78 Å². The average Bonchev–Trinajstić information content (AvgIpc) is 2.80. The minimum absolute atomic E-state index is 0.0176. The highest BCUT2D eigenvalue weighted by Crippen LogP contribution is 2.28. The molecule has 1 aromatic carbocycles. The van der Waals surface area contributed by atoms with Crippen molar-refractivity contribution in [3.8, 4) is 11.3 Å². The Hall–Kier alpha value is -2.57. The normalized spacial score (nSPS) is 11.1. The van der Waals surface area contributed by atoms with Gasteiger partial charge in [0.2, 0.25) is 5.95 Å². The third-order valence-corrected chi connectivity index (χ3v) is 2.81. The average molecular weight is 261 g/mol. The van der Waals surface area contributed by atoms with Crippen molar-refractivity contribution in [3.63, 3.8) is 0 Å². The van der Waals surface area contributed by atoms with Crippen LogP contribution in [0.15, 0.2) is 18.5 Å². The smallest absolute Gasteiger partial charge is 0.222 e. The molecule has 3 aromatic rings. The van der Waals surface area contributed by atoms with Crippen molar-refractivity contribution in [3.05, 3.63) is 35.7 Å². The Morgan fingerprint density at radius 3 is 2.74 bits per heavy atom. The highest BCUT2D eigenvalue weighted by Gasteiger charge is 2.16. The first kappa shape index (κ1) is 11.5. The second-order valence-electron chi connectivity index (χ2n) is 4.11. The van der Waals surface area contributed by atoms with Crippen molar-refractivity contribution in [1.82, 2.24) is 19.9 Å². The second kappa shape index (κ2) is 3.98. The van der Waals surface area contributed by atoms with Crippen LogP contribution in [0, 0.1) is 18.6 Å². The molecular weight excluding hydrogens is 252 g/mol. The molecule has 2 heterocycles. The number of nitrogens with one attached hydrogen (secondary N) is 1. The SMILES string of the molecule is Cc1cc(-c2nc(N)nc3nc[nH]c23)c(F)cc1F. The topological polar surface area (TPSA) is 80.5 Å². The lowest BCUT2D eigenvalue weighted by atomic mass is 10.1. The number of nitrogen functional groups attached to an aromatic ring is 1. The predicted molar refractivity (Wildman–Crippen MR) is 66.2 cm³/mol. The van der Waals surface area contributed by atoms with Gasteiger partial charge in [-0.2, -0.15) is 4.98 Å². The minimum atomic E-state index is -0.711. The van der Waals surface area contributed by atoms with Gasteiger partial charge in [0, 0.05) is 11.6 Å². The van der Waals surface area contributed by atoms with E-state index in [1.807, 2.05) is 0 Å². The number of fused-ring (bicyclic) bond motifs is 1. The Balaban J connectivity index is 2.35. The minimum Gasteiger partial charge on any atom is -0.368 e. The number of benzene rings is 1. The van der Waals surface area contributed by atoms with Gasteiger partial charge in [0.1, 0.15) is 22.8 Å². The molecule has 0 aliphatic carbocycles. The quantitative estimate of drug-likeness (QED) is 0.703. The van der Waals surface area contributed by atoms with Crippen LogP contribution < -0.4 is 5.73 Å². The molecule has 3 rings (SSSR count). The molecule has 0 amide bonds. The van der Waals surface area contributed by atoms with Crippen molar-refractivity contribution in [1.29, 1.82) is 0 Å². The van der Waals surface area contributed by atoms with Crippen LogP contribution >= 0.6 is 0 Å². The summed E-state index contributed by atoms with van der Waals surface area (Å²) in [4.78, 5) is 14.7. The van der Waals surface area contributed by atoms with E-state index in [1.54, 1.807) is 6.92 Å². The van der Waals surface area contributed by atoms with Crippen LogP contribution in [0.1, 0.15) is 5.56 Å². The molecule has 0 bridgehead atoms. The number of H-pyrrole nitrogens is 1. The fraction of sp³-hybridized carbons (Fsp3) is 0.0833. The zero-order valence-electron chi connectivity index (χ0n) is 9.91. The molecule has 3 N–H and O–H groups in total. The number of hydrogen-bond acceptors (Lipinski definition) is 4. The summed E-state index contributed by atoms with van der Waals surface area (Å²) in [5.74, 6) is -1.34. The number of rotatable bonds is 1. The monoisotopic (exact) mass is 261 g/mol. The van der Waals surface area contributed by atoms with Gasteiger partial charge in [0.25, 0.3) is 0 Å². The van der Waals surface area contributed by atoms with E-state index in [2.05, 4.69) is 19.9 Å². The number of anilines is 1. The molecule has 0 aliphatic heterocycles. The van der Waals surface area contributed by atoms with Gasteiger partial charge in [-0.05, 0) is 18.6 Å². The molecule has 0 unspecified atom stereocenters. The van der Waals surface area contributed by atoms with Gasteiger partial charge in [0.15, 0.2) is 5.65 Å². The molecule has 0 aliphatic rings. The third-order valence-electron chi connectivity index (χ3n) is 2.81. The highest BCUT2D eigenvalue weighted by molar-refractivity contribution is 5.88. The maximum absolute atomic E-state index is 13.9. The fourth-order valence-corrected chi connectivity index (χ4v) is 1.88. The molecule has 0 atom stereocenters. The molecular formula is C12H9F2N5. The number of imidazole rings is 1. The van der Waals surface area contributed by atoms with Crippen molar-refractivity contribution >= 4 is 17.1 Å². The molecule has 5 nitrogen and oxygen atoms in total. The Morgan fingerprint density at radius 2 is 1.95 bits per heavy atom. The van der Waals surface area contributed by atoms with Crippen molar-refractivity contribution in [2.75, 3.05) is 5.73 Å². The number of nitrogens with two attached hydrogens (primary N) is 1. The number of halogens is 2. The zero-order chi connectivity index (χ0) is 13.6. The van der Waals surface area contributed by atoms with E-state index >= 15 is 0 Å². The molecule has 7 heteroatoms. The Kier molecular flexibility index (Phi) is 2.41. The van der Waals surface area contributed by atoms with Gasteiger partial charge in [-0.3, -0.25) is 0 Å². The molecule has 19 heavy (non-hydrogen) atoms. The van der Waals surface area contributed by atoms with Gasteiger partial charge in [-0.1, -0.05) is 0 Å². The van der Waals surface area contributed by atoms with Crippen LogP contribution in [0.3, 0.4) is 0 Å². The first-order chi connectivity index (χ1) is 9.06. The lowest BCUT2D eigenvalue weighted by Gasteiger charge is -2.06. The summed E-state index contributed by atoms with van der Waals surface area (Å²) >= 11 is 0. The standard InChI is InChI=1S/C12H9F2N5/c1-5-2-6(8(14)3-7(5)13)9-10-11(17-4-16-10)19-12(15)18-9/h2-4H,1H3,(H3,15,16,17,18,19). The van der Waals surface area contributed by atoms with Gasteiger partial charge >= 0.3 is 0 Å². The van der Waals surface area contributed by atoms with Crippen LogP contribution in [0.5, 0.6) is 0 Å². The molecule has 0 saturated carbocycles. The summed E-state index contributed by atoms with van der Waals surface area (Å²) < 4.78 is 27.2. The van der Waals surface area contributed by atoms with E-state index < -0.39 is 11.6 Å². The number of aromatic amines is 1. The zero-order valence-corrected chi connectivity index (χ0v) is 9.91. The van der Waals surface area contributed by atoms with Crippen LogP contribution in [0.25, 0.3) is 22.4 Å². The van der Waals surface area contributed by atoms with Crippen LogP contribution in [-0.2, 0) is 0 Å². The largest absolute Gasteiger partial charge is 0.368 e. The maximum Gasteiger partial charge on any atom is 0.222 e. The Labute approximate surface area is 106 Å². The number of nitrogens with zero attached hydrogens (tertiary/aromatic N) is 3. The lowest BCUT2D eigenvalue weighted by Crippen LogP contribution is -2.00. The van der Waals surface area contributed by atoms with Crippen LogP contribution in [-0.4, -0.2) is 19.9 Å². The third kappa shape index (κ3) is 1.79. The van der Waals surface area contributed by atoms with Gasteiger partial charge in [0.05, 0.1) is 6.33 Å². The molecule has 0 spiro atoms. The van der Waals surface area contributed by atoms with E-state index in [4.69, 9.17) is 5.73 Å². The molecule has 96 valence electrons. The molecule has 2 aromatic heterocycles. The van der Waals surface area contributed by atoms with E-state index in [0.29, 0.717) is 16.7 Å². The van der Waals surface area contributed by atoms with E-state index in [-0.39, 0.29) is 17.2 Å². The Bertz CT molecular complexity index is 781. The first-order valence-electron chi connectivity index (χ1n) is 5.49. The van der Waals surface area contributed by atoms with Crippen molar-refractivity contribution in [2.24, 2.45) is 0 Å². The molecule has 0 saturated heterocycles. The molecule has 0 fully saturated rings. The highest BCUT2D eigenvalue weighted by atomic mass is 19.1. The van der Waals surface area contributed by atoms with Gasteiger partial charge in [-0.15, -0.1) is 0 Å². The summed E-state index contributed by atoms with van der Waals surface area (Å²) in [7, 11) is 0. The van der Waals surface area contributed by atoms with Crippen LogP contribution in [0.4, 0.5) is 14.7 Å². The summed E-state index contributed by atoms with van der Waals surface area (Å²) in [5, 5.41) is 0. The van der Waals surface area contributed by atoms with Gasteiger partial charge in [-0.25, -0.2) is 18.7 Å². The lowest BCUT2D eigenvalue weighted by molar-refractivity contribution is 0.579. The second-order valence-corrected chi connectivity index (χ2v) is 4.11. The first-order valence-corrected chi connectivity index (χ1v) is 5.49. The van der Waals surface area contributed by atoms with Crippen LogP contribution in [0.2, 0.25) is 0 Å². The summed E-state index contributed by atoms with van der Waals surface area (Å²) in [6, 6.07) is 2.21. The Morgan fingerprint density at radius 1 is 1.16 bits per heavy atom. The summed E-state index contributed by atoms with van der Waals surface area (Å²) in [5.41, 5.74) is 7.10. The number of hydrogen-bond donors (Lipinski definition) is 2. The van der Waals surface area contributed by atoms with E-state index in [0.717, 1.165) is 6.07 Å². The van der Waals surface area contributed by atoms with Crippen molar-refractivity contribution in [2.45, 2.75) is 6.92 Å². The maximum atomic E-state index is 13.9. The summed E-state index contributed by atoms with van der Waals surface area (Å²) in [6.45, 7) is 1.55. The van der Waals surface area contributed by atoms with Gasteiger partial charge < -0.3 is 10.7 Å². The number of aromatic nitrogens is 4. The van der Waals surface area contributed by atoms with E-state index in [9.17, 15) is 8.78 Å². The fourth-order valence-electron chi connectivity index (χ4n) is 1.88. The predicted octanol–water partition coefficient (Wildman–Crippen LogP) is 2.19. The van der Waals surface area contributed by atoms with E-state index in [1.165, 1.54) is 12.4 Å². The number of aryl methyl sites for hydroxylation is 1. The summed E-state index contributed by atoms with van der Waals surface area (Å²) in [6.07, 6.45) is 1.41. The molecule has 0 radical (unpaired) electrons.